The molecule has 0 bridgehead atoms. The molecule has 28 heavy (non-hydrogen) atoms. The molecular formula is C20H32ClN3O4. The van der Waals surface area contributed by atoms with Crippen molar-refractivity contribution >= 4 is 24.3 Å². The Morgan fingerprint density at radius 1 is 1.32 bits per heavy atom. The van der Waals surface area contributed by atoms with Gasteiger partial charge in [0.05, 0.1) is 26.2 Å². The molecule has 2 N–H and O–H groups in total. The molecule has 1 aromatic carbocycles. The van der Waals surface area contributed by atoms with Gasteiger partial charge in [-0.05, 0) is 45.8 Å². The molecule has 0 radical (unpaired) electrons. The molecule has 1 saturated heterocycles. The number of nitrogens with zero attached hydrogens (tertiary/aromatic N) is 2. The third-order valence-electron chi connectivity index (χ3n) is 5.15. The number of carbonyl (C=O) groups is 2. The number of halogens is 1. The largest absolute Gasteiger partial charge is 0.496 e. The van der Waals surface area contributed by atoms with Gasteiger partial charge < -0.3 is 15.2 Å². The van der Waals surface area contributed by atoms with Crippen molar-refractivity contribution in [2.24, 2.45) is 0 Å². The SMILES string of the molecule is COc1ccccc1C(C)NC(=O)CN1CCCC(N(C)CC(=O)O)CC1.Cl. The fourth-order valence-electron chi connectivity index (χ4n) is 3.67. The first-order chi connectivity index (χ1) is 12.9. The number of nitrogens with one attached hydrogen (secondary N) is 1. The molecule has 2 rings (SSSR count). The van der Waals surface area contributed by atoms with Gasteiger partial charge in [0.2, 0.25) is 5.91 Å². The molecule has 0 aliphatic carbocycles. The van der Waals surface area contributed by atoms with Crippen LogP contribution < -0.4 is 10.1 Å². The smallest absolute Gasteiger partial charge is 0.317 e. The predicted molar refractivity (Wildman–Crippen MR) is 111 cm³/mol. The van der Waals surface area contributed by atoms with Crippen molar-refractivity contribution in [2.45, 2.75) is 38.3 Å². The van der Waals surface area contributed by atoms with Crippen LogP contribution in [0.1, 0.15) is 37.8 Å². The van der Waals surface area contributed by atoms with E-state index in [9.17, 15) is 9.59 Å². The van der Waals surface area contributed by atoms with Crippen LogP contribution in [-0.4, -0.2) is 73.2 Å². The predicted octanol–water partition coefficient (Wildman–Crippen LogP) is 2.17. The number of para-hydroxylation sites is 1. The minimum atomic E-state index is -0.802. The van der Waals surface area contributed by atoms with Crippen LogP contribution in [0, 0.1) is 0 Å². The van der Waals surface area contributed by atoms with Crippen molar-refractivity contribution in [3.63, 3.8) is 0 Å². The molecule has 7 nitrogen and oxygen atoms in total. The number of hydrogen-bond acceptors (Lipinski definition) is 5. The number of carbonyl (C=O) groups excluding carboxylic acids is 1. The van der Waals surface area contributed by atoms with Crippen LogP contribution in [0.15, 0.2) is 24.3 Å². The Kier molecular flexibility index (Phi) is 10.3. The lowest BCUT2D eigenvalue weighted by molar-refractivity contribution is -0.138. The van der Waals surface area contributed by atoms with Gasteiger partial charge in [0.25, 0.3) is 0 Å². The average molecular weight is 414 g/mol. The highest BCUT2D eigenvalue weighted by atomic mass is 35.5. The second-order valence-electron chi connectivity index (χ2n) is 7.20. The lowest BCUT2D eigenvalue weighted by atomic mass is 10.1. The fourth-order valence-corrected chi connectivity index (χ4v) is 3.67. The minimum absolute atomic E-state index is 0. The quantitative estimate of drug-likeness (QED) is 0.679. The molecular weight excluding hydrogens is 382 g/mol. The lowest BCUT2D eigenvalue weighted by Crippen LogP contribution is -2.40. The molecule has 2 unspecified atom stereocenters. The number of rotatable bonds is 8. The van der Waals surface area contributed by atoms with Gasteiger partial charge in [0.15, 0.2) is 0 Å². The van der Waals surface area contributed by atoms with E-state index in [1.165, 1.54) is 0 Å². The number of amides is 1. The third kappa shape index (κ3) is 7.30. The summed E-state index contributed by atoms with van der Waals surface area (Å²) < 4.78 is 5.37. The number of carboxylic acids is 1. The Morgan fingerprint density at radius 3 is 2.71 bits per heavy atom. The minimum Gasteiger partial charge on any atom is -0.496 e. The van der Waals surface area contributed by atoms with Gasteiger partial charge in [0.1, 0.15) is 5.75 Å². The fraction of sp³-hybridized carbons (Fsp3) is 0.600. The van der Waals surface area contributed by atoms with Crippen molar-refractivity contribution in [2.75, 3.05) is 40.3 Å². The number of likely N-dealkylation sites (tertiary alicyclic amines) is 1. The Balaban J connectivity index is 0.00000392. The van der Waals surface area contributed by atoms with Gasteiger partial charge in [-0.3, -0.25) is 19.4 Å². The van der Waals surface area contributed by atoms with Gasteiger partial charge in [-0.25, -0.2) is 0 Å². The monoisotopic (exact) mass is 413 g/mol. The third-order valence-corrected chi connectivity index (χ3v) is 5.15. The van der Waals surface area contributed by atoms with Gasteiger partial charge in [-0.1, -0.05) is 18.2 Å². The zero-order valence-corrected chi connectivity index (χ0v) is 17.7. The summed E-state index contributed by atoms with van der Waals surface area (Å²) in [6.07, 6.45) is 2.79. The first-order valence-electron chi connectivity index (χ1n) is 9.47. The molecule has 2 atom stereocenters. The van der Waals surface area contributed by atoms with E-state index >= 15 is 0 Å². The van der Waals surface area contributed by atoms with Gasteiger partial charge in [-0.15, -0.1) is 12.4 Å². The summed E-state index contributed by atoms with van der Waals surface area (Å²) in [6, 6.07) is 7.81. The van der Waals surface area contributed by atoms with E-state index in [1.807, 2.05) is 43.1 Å². The van der Waals surface area contributed by atoms with Crippen molar-refractivity contribution < 1.29 is 19.4 Å². The van der Waals surface area contributed by atoms with Crippen molar-refractivity contribution in [1.82, 2.24) is 15.1 Å². The molecule has 1 aliphatic rings. The van der Waals surface area contributed by atoms with E-state index in [1.54, 1.807) is 7.11 Å². The molecule has 1 amide bonds. The molecule has 158 valence electrons. The van der Waals surface area contributed by atoms with Crippen LogP contribution in [0.4, 0.5) is 0 Å². The van der Waals surface area contributed by atoms with E-state index < -0.39 is 5.97 Å². The molecule has 1 aromatic rings. The summed E-state index contributed by atoms with van der Waals surface area (Å²) in [6.45, 7) is 4.02. The Hall–Kier alpha value is -1.83. The van der Waals surface area contributed by atoms with E-state index in [2.05, 4.69) is 10.2 Å². The molecule has 1 fully saturated rings. The Bertz CT molecular complexity index is 644. The van der Waals surface area contributed by atoms with Crippen molar-refractivity contribution in [1.29, 1.82) is 0 Å². The highest BCUT2D eigenvalue weighted by Gasteiger charge is 2.23. The lowest BCUT2D eigenvalue weighted by Gasteiger charge is -2.25. The van der Waals surface area contributed by atoms with E-state index in [0.29, 0.717) is 6.54 Å². The molecule has 0 spiro atoms. The van der Waals surface area contributed by atoms with Crippen LogP contribution in [0.3, 0.4) is 0 Å². The van der Waals surface area contributed by atoms with E-state index in [0.717, 1.165) is 43.7 Å². The van der Waals surface area contributed by atoms with Crippen LogP contribution >= 0.6 is 12.4 Å². The Morgan fingerprint density at radius 2 is 2.04 bits per heavy atom. The number of aliphatic carboxylic acids is 1. The van der Waals surface area contributed by atoms with Gasteiger partial charge in [0, 0.05) is 18.2 Å². The molecule has 1 heterocycles. The number of benzene rings is 1. The summed E-state index contributed by atoms with van der Waals surface area (Å²) in [4.78, 5) is 27.4. The number of methoxy groups -OCH3 is 1. The second kappa shape index (κ2) is 11.9. The highest BCUT2D eigenvalue weighted by molar-refractivity contribution is 5.85. The zero-order chi connectivity index (χ0) is 19.8. The number of hydrogen-bond donors (Lipinski definition) is 2. The average Bonchev–Trinajstić information content (AvgIpc) is 2.86. The van der Waals surface area contributed by atoms with Crippen molar-refractivity contribution in [3.8, 4) is 5.75 Å². The van der Waals surface area contributed by atoms with Crippen molar-refractivity contribution in [3.05, 3.63) is 29.8 Å². The maximum atomic E-state index is 12.5. The number of likely N-dealkylation sites (N-methyl/N-ethyl adjacent to an activating group) is 1. The number of carboxylic acid groups (broad SMARTS) is 1. The summed E-state index contributed by atoms with van der Waals surface area (Å²) >= 11 is 0. The highest BCUT2D eigenvalue weighted by Crippen LogP contribution is 2.24. The summed E-state index contributed by atoms with van der Waals surface area (Å²) in [5.74, 6) is -0.0431. The summed E-state index contributed by atoms with van der Waals surface area (Å²) in [5.41, 5.74) is 0.958. The van der Waals surface area contributed by atoms with E-state index in [-0.39, 0.29) is 36.9 Å². The number of ether oxygens (including phenoxy) is 1. The van der Waals surface area contributed by atoms with E-state index in [4.69, 9.17) is 9.84 Å². The first-order valence-corrected chi connectivity index (χ1v) is 9.47. The Labute approximate surface area is 173 Å². The summed E-state index contributed by atoms with van der Waals surface area (Å²) in [5, 5.41) is 12.0. The van der Waals surface area contributed by atoms with Crippen LogP contribution in [0.5, 0.6) is 5.75 Å². The normalized spacial score (nSPS) is 18.6. The van der Waals surface area contributed by atoms with Crippen LogP contribution in [0.25, 0.3) is 0 Å². The zero-order valence-electron chi connectivity index (χ0n) is 16.9. The van der Waals surface area contributed by atoms with Gasteiger partial charge in [-0.2, -0.15) is 0 Å². The van der Waals surface area contributed by atoms with Crippen LogP contribution in [-0.2, 0) is 9.59 Å². The molecule has 0 saturated carbocycles. The van der Waals surface area contributed by atoms with Crippen LogP contribution in [0.2, 0.25) is 0 Å². The molecule has 8 heteroatoms. The maximum absolute atomic E-state index is 12.5. The summed E-state index contributed by atoms with van der Waals surface area (Å²) in [7, 11) is 3.48. The standard InChI is InChI=1S/C20H31N3O4.ClH/c1-15(17-8-4-5-9-18(17)27-3)21-19(24)13-23-11-6-7-16(10-12-23)22(2)14-20(25)26;/h4-5,8-9,15-16H,6-7,10-14H2,1-3H3,(H,21,24)(H,25,26);1H. The maximum Gasteiger partial charge on any atom is 0.317 e. The second-order valence-corrected chi connectivity index (χ2v) is 7.20. The van der Waals surface area contributed by atoms with Gasteiger partial charge >= 0.3 is 5.97 Å². The molecule has 1 aliphatic heterocycles. The molecule has 0 aromatic heterocycles. The topological polar surface area (TPSA) is 82.1 Å². The first kappa shape index (κ1) is 24.2.